The molecular formula is C16H10O4S. The van der Waals surface area contributed by atoms with E-state index in [1.165, 1.54) is 6.07 Å². The molecule has 0 radical (unpaired) electrons. The summed E-state index contributed by atoms with van der Waals surface area (Å²) in [5, 5.41) is 14.4. The van der Waals surface area contributed by atoms with Gasteiger partial charge in [-0.05, 0) is 28.3 Å². The van der Waals surface area contributed by atoms with E-state index >= 15 is 0 Å². The van der Waals surface area contributed by atoms with Crippen molar-refractivity contribution in [1.82, 2.24) is 0 Å². The minimum atomic E-state index is -4.30. The molecule has 0 heterocycles. The molecule has 4 aromatic rings. The highest BCUT2D eigenvalue weighted by atomic mass is 32.2. The van der Waals surface area contributed by atoms with Crippen molar-refractivity contribution in [2.24, 2.45) is 0 Å². The second-order valence-corrected chi connectivity index (χ2v) is 6.44. The molecule has 2 N–H and O–H groups in total. The zero-order valence-corrected chi connectivity index (χ0v) is 11.6. The lowest BCUT2D eigenvalue weighted by molar-refractivity contribution is 0.481. The van der Waals surface area contributed by atoms with Crippen molar-refractivity contribution in [3.05, 3.63) is 48.5 Å². The molecule has 0 aliphatic rings. The Kier molecular flexibility index (Phi) is 2.26. The van der Waals surface area contributed by atoms with E-state index in [1.807, 2.05) is 12.1 Å². The lowest BCUT2D eigenvalue weighted by Gasteiger charge is -2.13. The van der Waals surface area contributed by atoms with Crippen LogP contribution in [-0.4, -0.2) is 18.1 Å². The van der Waals surface area contributed by atoms with Crippen LogP contribution < -0.4 is 0 Å². The van der Waals surface area contributed by atoms with Gasteiger partial charge in [-0.25, -0.2) is 0 Å². The minimum Gasteiger partial charge on any atom is -0.507 e. The summed E-state index contributed by atoms with van der Waals surface area (Å²) in [5.74, 6) is 0.147. The summed E-state index contributed by atoms with van der Waals surface area (Å²) >= 11 is 0. The lowest BCUT2D eigenvalue weighted by atomic mass is 9.94. The van der Waals surface area contributed by atoms with Crippen LogP contribution in [0.5, 0.6) is 5.75 Å². The van der Waals surface area contributed by atoms with E-state index in [2.05, 4.69) is 0 Å². The maximum absolute atomic E-state index is 11.6. The second kappa shape index (κ2) is 3.84. The highest BCUT2D eigenvalue weighted by molar-refractivity contribution is 7.86. The molecule has 0 fully saturated rings. The van der Waals surface area contributed by atoms with Gasteiger partial charge in [0.25, 0.3) is 10.1 Å². The molecule has 0 bridgehead atoms. The predicted octanol–water partition coefficient (Wildman–Crippen LogP) is 3.54. The van der Waals surface area contributed by atoms with Gasteiger partial charge in [0.1, 0.15) is 10.6 Å². The molecular weight excluding hydrogens is 288 g/mol. The van der Waals surface area contributed by atoms with Gasteiger partial charge in [-0.1, -0.05) is 36.4 Å². The summed E-state index contributed by atoms with van der Waals surface area (Å²) in [7, 11) is -4.30. The number of hydrogen-bond donors (Lipinski definition) is 2. The highest BCUT2D eigenvalue weighted by Crippen LogP contribution is 2.39. The minimum absolute atomic E-state index is 0.118. The Labute approximate surface area is 120 Å². The third kappa shape index (κ3) is 1.62. The molecule has 4 nitrogen and oxygen atoms in total. The van der Waals surface area contributed by atoms with Crippen molar-refractivity contribution >= 4 is 42.4 Å². The van der Waals surface area contributed by atoms with Crippen LogP contribution in [0.1, 0.15) is 0 Å². The van der Waals surface area contributed by atoms with Gasteiger partial charge in [0, 0.05) is 16.2 Å². The zero-order chi connectivity index (χ0) is 14.8. The highest BCUT2D eigenvalue weighted by Gasteiger charge is 2.18. The van der Waals surface area contributed by atoms with Crippen LogP contribution in [0.15, 0.2) is 53.4 Å². The molecule has 4 rings (SSSR count). The molecule has 4 aromatic carbocycles. The van der Waals surface area contributed by atoms with Crippen LogP contribution >= 0.6 is 0 Å². The lowest BCUT2D eigenvalue weighted by Crippen LogP contribution is -1.99. The Morgan fingerprint density at radius 1 is 0.714 bits per heavy atom. The first-order chi connectivity index (χ1) is 9.97. The number of rotatable bonds is 1. The van der Waals surface area contributed by atoms with Crippen LogP contribution in [0.2, 0.25) is 0 Å². The Morgan fingerprint density at radius 3 is 1.90 bits per heavy atom. The molecule has 0 aliphatic carbocycles. The van der Waals surface area contributed by atoms with E-state index in [0.29, 0.717) is 10.8 Å². The van der Waals surface area contributed by atoms with Gasteiger partial charge >= 0.3 is 0 Å². The maximum Gasteiger partial charge on any atom is 0.295 e. The third-order valence-corrected chi connectivity index (χ3v) is 4.79. The summed E-state index contributed by atoms with van der Waals surface area (Å²) in [6.07, 6.45) is 0. The number of aromatic hydroxyl groups is 1. The van der Waals surface area contributed by atoms with E-state index in [1.54, 1.807) is 30.3 Å². The maximum atomic E-state index is 11.6. The first-order valence-corrected chi connectivity index (χ1v) is 7.78. The van der Waals surface area contributed by atoms with E-state index < -0.39 is 10.1 Å². The van der Waals surface area contributed by atoms with Crippen LogP contribution in [0.25, 0.3) is 32.3 Å². The Balaban J connectivity index is 2.39. The van der Waals surface area contributed by atoms with Gasteiger partial charge in [-0.3, -0.25) is 4.55 Å². The SMILES string of the molecule is O=S(=O)(O)c1ccc2ccc3c(O)ccc4ccc1c2c43. The number of phenolic OH excluding ortho intramolecular Hbond substituents is 1. The molecule has 0 saturated carbocycles. The second-order valence-electron chi connectivity index (χ2n) is 5.05. The van der Waals surface area contributed by atoms with Crippen molar-refractivity contribution in [2.75, 3.05) is 0 Å². The van der Waals surface area contributed by atoms with Gasteiger partial charge in [-0.2, -0.15) is 8.42 Å². The molecule has 104 valence electrons. The monoisotopic (exact) mass is 298 g/mol. The van der Waals surface area contributed by atoms with Crippen molar-refractivity contribution in [2.45, 2.75) is 4.90 Å². The molecule has 0 spiro atoms. The van der Waals surface area contributed by atoms with E-state index in [4.69, 9.17) is 0 Å². The quantitative estimate of drug-likeness (QED) is 0.416. The smallest absolute Gasteiger partial charge is 0.295 e. The Morgan fingerprint density at radius 2 is 1.24 bits per heavy atom. The first kappa shape index (κ1) is 12.4. The fourth-order valence-electron chi connectivity index (χ4n) is 2.98. The molecule has 21 heavy (non-hydrogen) atoms. The molecule has 0 saturated heterocycles. The molecule has 0 aliphatic heterocycles. The van der Waals surface area contributed by atoms with Gasteiger partial charge < -0.3 is 5.11 Å². The average Bonchev–Trinajstić information content (AvgIpc) is 2.45. The number of benzene rings is 4. The van der Waals surface area contributed by atoms with Gasteiger partial charge in [0.2, 0.25) is 0 Å². The van der Waals surface area contributed by atoms with Gasteiger partial charge in [0.15, 0.2) is 0 Å². The zero-order valence-electron chi connectivity index (χ0n) is 10.7. The summed E-state index contributed by atoms with van der Waals surface area (Å²) in [6, 6.07) is 13.6. The summed E-state index contributed by atoms with van der Waals surface area (Å²) < 4.78 is 32.5. The number of phenols is 1. The van der Waals surface area contributed by atoms with Gasteiger partial charge in [-0.15, -0.1) is 0 Å². The average molecular weight is 298 g/mol. The largest absolute Gasteiger partial charge is 0.507 e. The van der Waals surface area contributed by atoms with E-state index in [9.17, 15) is 18.1 Å². The molecule has 0 atom stereocenters. The van der Waals surface area contributed by atoms with Crippen molar-refractivity contribution in [3.63, 3.8) is 0 Å². The number of hydrogen-bond acceptors (Lipinski definition) is 3. The van der Waals surface area contributed by atoms with Crippen LogP contribution in [0, 0.1) is 0 Å². The summed E-state index contributed by atoms with van der Waals surface area (Å²) in [6.45, 7) is 0. The first-order valence-electron chi connectivity index (χ1n) is 6.34. The molecule has 0 amide bonds. The van der Waals surface area contributed by atoms with Gasteiger partial charge in [0.05, 0.1) is 0 Å². The summed E-state index contributed by atoms with van der Waals surface area (Å²) in [5.41, 5.74) is 0. The van der Waals surface area contributed by atoms with E-state index in [-0.39, 0.29) is 10.6 Å². The normalized spacial score (nSPS) is 12.6. The van der Waals surface area contributed by atoms with Crippen LogP contribution in [0.3, 0.4) is 0 Å². The fourth-order valence-corrected chi connectivity index (χ4v) is 3.67. The van der Waals surface area contributed by atoms with Crippen molar-refractivity contribution in [3.8, 4) is 5.75 Å². The van der Waals surface area contributed by atoms with Crippen molar-refractivity contribution in [1.29, 1.82) is 0 Å². The third-order valence-electron chi connectivity index (χ3n) is 3.88. The molecule has 0 aromatic heterocycles. The van der Waals surface area contributed by atoms with Crippen LogP contribution in [-0.2, 0) is 10.1 Å². The van der Waals surface area contributed by atoms with Crippen LogP contribution in [0.4, 0.5) is 0 Å². The molecule has 0 unspecified atom stereocenters. The molecule has 5 heteroatoms. The summed E-state index contributed by atoms with van der Waals surface area (Å²) in [4.78, 5) is -0.118. The fraction of sp³-hybridized carbons (Fsp3) is 0. The standard InChI is InChI=1S/C16H10O4S/c17-13-7-3-9-2-6-12-14(21(18,19)20)8-4-10-1-5-11(13)15(9)16(10)12/h1-8,17H,(H,18,19,20). The Hall–Kier alpha value is -2.37. The Bertz CT molecular complexity index is 1110. The predicted molar refractivity (Wildman–Crippen MR) is 81.6 cm³/mol. The van der Waals surface area contributed by atoms with Crippen molar-refractivity contribution < 1.29 is 18.1 Å². The van der Waals surface area contributed by atoms with E-state index in [0.717, 1.165) is 21.5 Å². The topological polar surface area (TPSA) is 74.6 Å².